The van der Waals surface area contributed by atoms with Gasteiger partial charge >= 0.3 is 0 Å². The van der Waals surface area contributed by atoms with Crippen molar-refractivity contribution in [3.8, 4) is 61.7 Å². The maximum Gasteiger partial charge on any atom is 0.187 e. The number of rotatable bonds is 12. The quantitative estimate of drug-likeness (QED) is 0.0903. The largest absolute Gasteiger partial charge is 0.311 e. The van der Waals surface area contributed by atoms with Crippen LogP contribution >= 0.6 is 0 Å². The smallest absolute Gasteiger partial charge is 0.187 e. The van der Waals surface area contributed by atoms with Gasteiger partial charge in [-0.25, -0.2) is 4.85 Å². The Morgan fingerprint density at radius 1 is 0.308 bits per heavy atom. The van der Waals surface area contributed by atoms with E-state index in [0.29, 0.717) is 11.3 Å². The second kappa shape index (κ2) is 22.1. The van der Waals surface area contributed by atoms with Crippen molar-refractivity contribution in [1.29, 1.82) is 5.26 Å². The number of anilines is 6. The second-order valence-electron chi connectivity index (χ2n) is 26.0. The van der Waals surface area contributed by atoms with Crippen LogP contribution in [0.1, 0.15) is 103 Å². The zero-order chi connectivity index (χ0) is 62.2. The highest BCUT2D eigenvalue weighted by Crippen LogP contribution is 2.54. The third-order valence-electron chi connectivity index (χ3n) is 19.5. The molecular formula is C87H66N4. The first-order valence-electron chi connectivity index (χ1n) is 31.4. The predicted octanol–water partition coefficient (Wildman–Crippen LogP) is 23.6. The summed E-state index contributed by atoms with van der Waals surface area (Å²) in [5.41, 5.74) is 31.8. The fourth-order valence-corrected chi connectivity index (χ4v) is 14.5. The predicted molar refractivity (Wildman–Crippen MR) is 381 cm³/mol. The molecule has 0 aromatic heterocycles. The summed E-state index contributed by atoms with van der Waals surface area (Å²) < 4.78 is 0. The van der Waals surface area contributed by atoms with Crippen LogP contribution in [0.5, 0.6) is 0 Å². The maximum atomic E-state index is 9.69. The molecule has 434 valence electrons. The summed E-state index contributed by atoms with van der Waals surface area (Å²) in [5, 5.41) is 9.69. The molecule has 0 saturated carbocycles. The molecule has 0 unspecified atom stereocenters. The first-order valence-corrected chi connectivity index (χ1v) is 31.4. The molecule has 0 aliphatic heterocycles. The van der Waals surface area contributed by atoms with Gasteiger partial charge in [-0.2, -0.15) is 5.26 Å². The van der Waals surface area contributed by atoms with Crippen molar-refractivity contribution < 1.29 is 0 Å². The highest BCUT2D eigenvalue weighted by atomic mass is 15.1. The van der Waals surface area contributed by atoms with Crippen molar-refractivity contribution in [2.24, 2.45) is 0 Å². The SMILES string of the molecule is [C-]#[N+]c1ccc(N(c2cccc(-c3ccccc3)c2)c2ccc3c(c2)C(C)(C)c2cc(C=Cc4ccc5c(c4)C(C)(C)c4cc(C=Cc6ccc7c(c6)C(C)(C)c6cc(N(c8ccc(C#N)cc8)c8cccc(-c9ccccc9)c8)ccc6-7)ccc4-5)ccc2-3)cc1. The van der Waals surface area contributed by atoms with Crippen LogP contribution in [0, 0.1) is 17.9 Å². The lowest BCUT2D eigenvalue weighted by atomic mass is 9.81. The number of nitriles is 1. The monoisotopic (exact) mass is 1170 g/mol. The van der Waals surface area contributed by atoms with Gasteiger partial charge in [0.1, 0.15) is 0 Å². The van der Waals surface area contributed by atoms with Crippen LogP contribution in [0.4, 0.5) is 39.8 Å². The van der Waals surface area contributed by atoms with Crippen LogP contribution in [-0.4, -0.2) is 0 Å². The van der Waals surface area contributed by atoms with E-state index in [0.717, 1.165) is 45.3 Å². The van der Waals surface area contributed by atoms with Gasteiger partial charge in [-0.15, -0.1) is 0 Å². The summed E-state index contributed by atoms with van der Waals surface area (Å²) in [6.45, 7) is 21.8. The molecule has 4 nitrogen and oxygen atoms in total. The molecule has 0 fully saturated rings. The highest BCUT2D eigenvalue weighted by molar-refractivity contribution is 5.91. The van der Waals surface area contributed by atoms with Crippen LogP contribution in [0.2, 0.25) is 0 Å². The Bertz CT molecular complexity index is 4710. The molecule has 91 heavy (non-hydrogen) atoms. The van der Waals surface area contributed by atoms with Crippen molar-refractivity contribution in [1.82, 2.24) is 0 Å². The van der Waals surface area contributed by atoms with E-state index in [2.05, 4.69) is 317 Å². The average molecular weight is 1170 g/mol. The minimum atomic E-state index is -0.252. The summed E-state index contributed by atoms with van der Waals surface area (Å²) in [5.74, 6) is 0. The molecule has 12 aromatic rings. The van der Waals surface area contributed by atoms with Crippen LogP contribution in [-0.2, 0) is 16.2 Å². The van der Waals surface area contributed by atoms with Crippen molar-refractivity contribution >= 4 is 64.1 Å². The Morgan fingerprint density at radius 2 is 0.604 bits per heavy atom. The van der Waals surface area contributed by atoms with E-state index in [-0.39, 0.29) is 16.2 Å². The van der Waals surface area contributed by atoms with Gasteiger partial charge in [0.2, 0.25) is 0 Å². The van der Waals surface area contributed by atoms with Gasteiger partial charge in [-0.1, -0.05) is 248 Å². The molecule has 4 heteroatoms. The fraction of sp³-hybridized carbons (Fsp3) is 0.103. The molecule has 0 radical (unpaired) electrons. The van der Waals surface area contributed by atoms with E-state index in [4.69, 9.17) is 6.57 Å². The summed E-state index contributed by atoms with van der Waals surface area (Å²) in [7, 11) is 0. The zero-order valence-corrected chi connectivity index (χ0v) is 52.0. The van der Waals surface area contributed by atoms with E-state index >= 15 is 0 Å². The number of nitrogens with zero attached hydrogens (tertiary/aromatic N) is 4. The van der Waals surface area contributed by atoms with Crippen molar-refractivity contribution in [2.45, 2.75) is 57.8 Å². The maximum absolute atomic E-state index is 9.69. The van der Waals surface area contributed by atoms with Crippen molar-refractivity contribution in [3.63, 3.8) is 0 Å². The van der Waals surface area contributed by atoms with Gasteiger partial charge in [-0.3, -0.25) is 0 Å². The van der Waals surface area contributed by atoms with Crippen molar-refractivity contribution in [2.75, 3.05) is 9.80 Å². The Hall–Kier alpha value is -11.3. The lowest BCUT2D eigenvalue weighted by Crippen LogP contribution is -2.16. The highest BCUT2D eigenvalue weighted by Gasteiger charge is 2.39. The van der Waals surface area contributed by atoms with E-state index < -0.39 is 0 Å². The Morgan fingerprint density at radius 3 is 0.945 bits per heavy atom. The molecular weight excluding hydrogens is 1100 g/mol. The fourth-order valence-electron chi connectivity index (χ4n) is 14.5. The standard InChI is InChI=1S/C87H66N4/c1-85(2)79-48-57(24-26-59-32-44-75-77-46-40-71(54-83(77)86(3,4)81(75)50-59)90(67-36-28-61(56-88)29-37-67)69-22-14-20-64(52-69)62-16-10-8-11-17-62)30-42-73(79)74-43-31-58(49-80(74)85)25-27-60-33-45-76-78-47-41-72(55-84(78)87(5,6)82(76)51-60)91(68-38-34-66(89-7)35-39-68)70-23-15-21-65(53-70)63-18-12-9-13-19-63/h8-55H,1-6H3. The molecule has 0 amide bonds. The molecule has 0 heterocycles. The lowest BCUT2D eigenvalue weighted by Gasteiger charge is -2.28. The summed E-state index contributed by atoms with van der Waals surface area (Å²) in [4.78, 5) is 8.31. The van der Waals surface area contributed by atoms with E-state index in [1.165, 1.54) is 100 Å². The topological polar surface area (TPSA) is 34.6 Å². The van der Waals surface area contributed by atoms with Crippen LogP contribution < -0.4 is 9.80 Å². The van der Waals surface area contributed by atoms with E-state index in [9.17, 15) is 5.26 Å². The molecule has 0 N–H and O–H groups in total. The number of benzene rings is 12. The number of fused-ring (bicyclic) bond motifs is 9. The van der Waals surface area contributed by atoms with Crippen LogP contribution in [0.25, 0.3) is 84.8 Å². The lowest BCUT2D eigenvalue weighted by molar-refractivity contribution is 0.660. The van der Waals surface area contributed by atoms with Crippen LogP contribution in [0.15, 0.2) is 267 Å². The van der Waals surface area contributed by atoms with Gasteiger partial charge in [0.25, 0.3) is 0 Å². The molecule has 3 aliphatic carbocycles. The first kappa shape index (κ1) is 56.2. The van der Waals surface area contributed by atoms with Gasteiger partial charge in [0, 0.05) is 50.4 Å². The molecule has 0 spiro atoms. The number of hydrogen-bond acceptors (Lipinski definition) is 3. The molecule has 3 aliphatic rings. The Labute approximate surface area is 535 Å². The Kier molecular flexibility index (Phi) is 13.6. The molecule has 0 saturated heterocycles. The molecule has 0 atom stereocenters. The van der Waals surface area contributed by atoms with Gasteiger partial charge in [-0.05, 0) is 196 Å². The minimum Gasteiger partial charge on any atom is -0.311 e. The summed E-state index contributed by atoms with van der Waals surface area (Å²) in [6, 6.07) is 98.3. The summed E-state index contributed by atoms with van der Waals surface area (Å²) >= 11 is 0. The molecule has 0 bridgehead atoms. The third-order valence-corrected chi connectivity index (χ3v) is 19.5. The van der Waals surface area contributed by atoms with E-state index in [1.807, 2.05) is 36.4 Å². The first-order chi connectivity index (χ1) is 44.2. The minimum absolute atomic E-state index is 0.190. The molecule has 15 rings (SSSR count). The van der Waals surface area contributed by atoms with Gasteiger partial charge in [0.05, 0.1) is 18.2 Å². The number of hydrogen-bond donors (Lipinski definition) is 0. The second-order valence-corrected chi connectivity index (χ2v) is 26.0. The average Bonchev–Trinajstić information content (AvgIpc) is 1.89. The third kappa shape index (κ3) is 9.86. The van der Waals surface area contributed by atoms with Gasteiger partial charge in [0.15, 0.2) is 5.69 Å². The summed E-state index contributed by atoms with van der Waals surface area (Å²) in [6.07, 6.45) is 9.09. The van der Waals surface area contributed by atoms with Gasteiger partial charge < -0.3 is 9.80 Å². The normalized spacial score (nSPS) is 14.0. The van der Waals surface area contributed by atoms with E-state index in [1.54, 1.807) is 0 Å². The molecule has 12 aromatic carbocycles. The van der Waals surface area contributed by atoms with Crippen molar-refractivity contribution in [3.05, 3.63) is 340 Å². The zero-order valence-electron chi connectivity index (χ0n) is 52.0. The van der Waals surface area contributed by atoms with Crippen LogP contribution in [0.3, 0.4) is 0 Å². The Balaban J connectivity index is 0.664.